The second-order valence-electron chi connectivity index (χ2n) is 6.00. The largest absolute Gasteiger partial charge is 0.398 e. The minimum atomic E-state index is -4.48. The lowest BCUT2D eigenvalue weighted by Gasteiger charge is -2.09. The van der Waals surface area contributed by atoms with Crippen LogP contribution in [-0.2, 0) is 43.3 Å². The van der Waals surface area contributed by atoms with Crippen molar-refractivity contribution >= 4 is 55.4 Å². The molecule has 0 saturated carbocycles. The standard InChI is InChI=1S/C16H20N2O11S4/c17-13-4-2-12(10-15(13)31-29-27-19)32(20,21)8-7-25-5-6-26-28-30-11-1-3-14(18)16(9-11)33(22,23)24/h1-4,9-10,19H,5-8,17-18H2,(H,22,23,24). The molecule has 6 N–H and O–H groups in total. The predicted octanol–water partition coefficient (Wildman–Crippen LogP) is 1.97. The van der Waals surface area contributed by atoms with Crippen LogP contribution in [0.25, 0.3) is 0 Å². The fraction of sp³-hybridized carbons (Fsp3) is 0.250. The average molecular weight is 545 g/mol. The van der Waals surface area contributed by atoms with Gasteiger partial charge in [-0.15, -0.1) is 4.33 Å². The molecule has 184 valence electrons. The van der Waals surface area contributed by atoms with Crippen LogP contribution in [0.3, 0.4) is 0 Å². The average Bonchev–Trinajstić information content (AvgIpc) is 2.75. The normalized spacial score (nSPS) is 12.2. The fourth-order valence-electron chi connectivity index (χ4n) is 2.20. The van der Waals surface area contributed by atoms with Crippen LogP contribution in [0.15, 0.2) is 56.0 Å². The van der Waals surface area contributed by atoms with Crippen LogP contribution in [0.5, 0.6) is 0 Å². The van der Waals surface area contributed by atoms with Crippen LogP contribution in [-0.4, -0.2) is 52.2 Å². The summed E-state index contributed by atoms with van der Waals surface area (Å²) in [4.78, 5) is 4.92. The summed E-state index contributed by atoms with van der Waals surface area (Å²) in [7, 11) is -8.16. The van der Waals surface area contributed by atoms with E-state index in [4.69, 9.17) is 35.2 Å². The molecule has 0 heterocycles. The Morgan fingerprint density at radius 3 is 2.30 bits per heavy atom. The highest BCUT2D eigenvalue weighted by Crippen LogP contribution is 2.29. The zero-order chi connectivity index (χ0) is 24.5. The van der Waals surface area contributed by atoms with Gasteiger partial charge < -0.3 is 16.2 Å². The molecule has 0 radical (unpaired) electrons. The van der Waals surface area contributed by atoms with E-state index in [1.54, 1.807) is 0 Å². The van der Waals surface area contributed by atoms with E-state index in [1.807, 2.05) is 0 Å². The highest BCUT2D eigenvalue weighted by atomic mass is 32.2. The maximum absolute atomic E-state index is 12.4. The monoisotopic (exact) mass is 544 g/mol. The number of nitrogens with two attached hydrogens (primary N) is 2. The highest BCUT2D eigenvalue weighted by Gasteiger charge is 2.17. The van der Waals surface area contributed by atoms with Crippen molar-refractivity contribution in [3.05, 3.63) is 36.4 Å². The number of anilines is 2. The molecule has 0 aromatic heterocycles. The van der Waals surface area contributed by atoms with E-state index in [9.17, 15) is 16.8 Å². The number of hydrogen-bond acceptors (Lipinski definition) is 14. The third-order valence-electron chi connectivity index (χ3n) is 3.75. The number of rotatable bonds is 14. The summed E-state index contributed by atoms with van der Waals surface area (Å²) in [5.41, 5.74) is 11.3. The molecule has 0 aliphatic rings. The lowest BCUT2D eigenvalue weighted by molar-refractivity contribution is -0.432. The third kappa shape index (κ3) is 8.91. The Morgan fingerprint density at radius 1 is 0.879 bits per heavy atom. The third-order valence-corrected chi connectivity index (χ3v) is 7.61. The van der Waals surface area contributed by atoms with Gasteiger partial charge in [0.05, 0.1) is 58.5 Å². The molecule has 0 atom stereocenters. The summed E-state index contributed by atoms with van der Waals surface area (Å²) in [5.74, 6) is -0.322. The molecular weight excluding hydrogens is 524 g/mol. The van der Waals surface area contributed by atoms with Crippen LogP contribution >= 0.6 is 24.1 Å². The zero-order valence-electron chi connectivity index (χ0n) is 16.6. The smallest absolute Gasteiger partial charge is 0.296 e. The lowest BCUT2D eigenvalue weighted by atomic mass is 10.3. The van der Waals surface area contributed by atoms with Crippen molar-refractivity contribution in [2.45, 2.75) is 19.6 Å². The molecule has 2 aromatic rings. The molecule has 0 saturated heterocycles. The van der Waals surface area contributed by atoms with Crippen molar-refractivity contribution in [1.82, 2.24) is 0 Å². The Balaban J connectivity index is 1.72. The molecule has 13 nitrogen and oxygen atoms in total. The topological polar surface area (TPSA) is 207 Å². The molecule has 0 aliphatic heterocycles. The van der Waals surface area contributed by atoms with E-state index in [2.05, 4.69) is 9.37 Å². The summed E-state index contributed by atoms with van der Waals surface area (Å²) in [5, 5.41) is 11.7. The van der Waals surface area contributed by atoms with E-state index in [0.29, 0.717) is 29.0 Å². The van der Waals surface area contributed by atoms with Crippen molar-refractivity contribution in [1.29, 1.82) is 0 Å². The maximum Gasteiger partial charge on any atom is 0.296 e. The lowest BCUT2D eigenvalue weighted by Crippen LogP contribution is -2.14. The first kappa shape index (κ1) is 27.6. The molecule has 17 heteroatoms. The molecule has 2 rings (SSSR count). The zero-order valence-corrected chi connectivity index (χ0v) is 19.9. The first-order chi connectivity index (χ1) is 15.5. The molecular formula is C16H20N2O11S4. The van der Waals surface area contributed by atoms with Gasteiger partial charge in [0.2, 0.25) is 0 Å². The Morgan fingerprint density at radius 2 is 1.61 bits per heavy atom. The first-order valence-corrected chi connectivity index (χ1v) is 13.3. The SMILES string of the molecule is Nc1ccc(S(=O)(=O)CCOCCOOSc2ccc(N)c(S(=O)(=O)O)c2)cc1SOOO. The van der Waals surface area contributed by atoms with E-state index in [1.165, 1.54) is 30.3 Å². The molecule has 0 fully saturated rings. The number of hydrogen-bond donors (Lipinski definition) is 4. The van der Waals surface area contributed by atoms with Crippen molar-refractivity contribution in [2.24, 2.45) is 0 Å². The molecule has 0 amide bonds. The Hall–Kier alpha value is -1.64. The summed E-state index contributed by atoms with van der Waals surface area (Å²) in [6.45, 7) is -0.162. The van der Waals surface area contributed by atoms with Gasteiger partial charge in [-0.05, 0) is 36.4 Å². The predicted molar refractivity (Wildman–Crippen MR) is 118 cm³/mol. The van der Waals surface area contributed by atoms with E-state index in [0.717, 1.165) is 6.07 Å². The van der Waals surface area contributed by atoms with Gasteiger partial charge in [0, 0.05) is 10.6 Å². The van der Waals surface area contributed by atoms with Gasteiger partial charge in [0.25, 0.3) is 10.1 Å². The molecule has 2 aromatic carbocycles. The van der Waals surface area contributed by atoms with E-state index in [-0.39, 0.29) is 46.7 Å². The Bertz CT molecular complexity index is 1140. The van der Waals surface area contributed by atoms with Crippen LogP contribution in [0.2, 0.25) is 0 Å². The Kier molecular flexibility index (Phi) is 10.6. The second kappa shape index (κ2) is 12.7. The van der Waals surface area contributed by atoms with E-state index >= 15 is 0 Å². The van der Waals surface area contributed by atoms with Crippen LogP contribution in [0.4, 0.5) is 11.4 Å². The van der Waals surface area contributed by atoms with Crippen LogP contribution in [0.1, 0.15) is 0 Å². The van der Waals surface area contributed by atoms with E-state index < -0.39 is 24.9 Å². The summed E-state index contributed by atoms with van der Waals surface area (Å²) >= 11 is 1.23. The first-order valence-electron chi connectivity index (χ1n) is 8.72. The molecule has 0 bridgehead atoms. The number of sulfone groups is 1. The minimum absolute atomic E-state index is 0.0125. The number of nitrogen functional groups attached to an aromatic ring is 2. The van der Waals surface area contributed by atoms with Gasteiger partial charge in [-0.1, -0.05) is 5.04 Å². The van der Waals surface area contributed by atoms with Gasteiger partial charge >= 0.3 is 0 Å². The van der Waals surface area contributed by atoms with Crippen molar-refractivity contribution in [2.75, 3.05) is 37.0 Å². The van der Waals surface area contributed by atoms with Gasteiger partial charge in [-0.2, -0.15) is 12.8 Å². The quantitative estimate of drug-likeness (QED) is 0.0669. The van der Waals surface area contributed by atoms with Crippen molar-refractivity contribution in [3.8, 4) is 0 Å². The number of ether oxygens (including phenoxy) is 1. The van der Waals surface area contributed by atoms with Crippen LogP contribution in [0, 0.1) is 0 Å². The minimum Gasteiger partial charge on any atom is -0.398 e. The molecule has 33 heavy (non-hydrogen) atoms. The maximum atomic E-state index is 12.4. The highest BCUT2D eigenvalue weighted by molar-refractivity contribution is 7.95. The summed E-state index contributed by atoms with van der Waals surface area (Å²) < 4.78 is 70.7. The Labute approximate surface area is 198 Å². The van der Waals surface area contributed by atoms with Crippen LogP contribution < -0.4 is 11.5 Å². The van der Waals surface area contributed by atoms with Crippen molar-refractivity contribution in [3.63, 3.8) is 0 Å². The molecule has 0 aliphatic carbocycles. The molecule has 0 spiro atoms. The van der Waals surface area contributed by atoms with Gasteiger partial charge in [0.15, 0.2) is 9.84 Å². The summed E-state index contributed by atoms with van der Waals surface area (Å²) in [6, 6.07) is 7.84. The summed E-state index contributed by atoms with van der Waals surface area (Å²) in [6.07, 6.45) is 0. The van der Waals surface area contributed by atoms with Gasteiger partial charge in [0.1, 0.15) is 11.5 Å². The molecule has 0 unspecified atom stereocenters. The van der Waals surface area contributed by atoms with Crippen molar-refractivity contribution < 1.29 is 50.0 Å². The van der Waals surface area contributed by atoms with Gasteiger partial charge in [-0.3, -0.25) is 4.55 Å². The fourth-order valence-corrected chi connectivity index (χ4v) is 5.07. The second-order valence-corrected chi connectivity index (χ2v) is 11.0. The number of benzene rings is 2. The van der Waals surface area contributed by atoms with Gasteiger partial charge in [-0.25, -0.2) is 18.6 Å².